The maximum absolute atomic E-state index is 12.2. The van der Waals surface area contributed by atoms with Crippen LogP contribution in [0.3, 0.4) is 0 Å². The Morgan fingerprint density at radius 3 is 2.52 bits per heavy atom. The van der Waals surface area contributed by atoms with Gasteiger partial charge in [-0.2, -0.15) is 0 Å². The van der Waals surface area contributed by atoms with E-state index in [0.717, 1.165) is 10.9 Å². The van der Waals surface area contributed by atoms with Gasteiger partial charge in [0.15, 0.2) is 0 Å². The van der Waals surface area contributed by atoms with Crippen molar-refractivity contribution in [1.82, 2.24) is 9.47 Å². The van der Waals surface area contributed by atoms with E-state index in [0.29, 0.717) is 25.3 Å². The molecular weight excluding hydrogens is 316 g/mol. The van der Waals surface area contributed by atoms with Gasteiger partial charge in [0.05, 0.1) is 6.54 Å². The zero-order chi connectivity index (χ0) is 16.1. The van der Waals surface area contributed by atoms with Crippen LogP contribution in [-0.4, -0.2) is 40.9 Å². The number of carbonyl (C=O) groups excluding carboxylic acids is 2. The molecule has 23 heavy (non-hydrogen) atoms. The average Bonchev–Trinajstić information content (AvgIpc) is 2.90. The van der Waals surface area contributed by atoms with E-state index >= 15 is 0 Å². The van der Waals surface area contributed by atoms with Gasteiger partial charge in [0.1, 0.15) is 6.54 Å². The summed E-state index contributed by atoms with van der Waals surface area (Å²) in [5.74, 6) is -0.126. The number of amides is 2. The highest BCUT2D eigenvalue weighted by atomic mass is 35.5. The van der Waals surface area contributed by atoms with E-state index in [1.165, 1.54) is 0 Å². The minimum Gasteiger partial charge on any atom is -0.342 e. The number of aromatic nitrogens is 1. The number of fused-ring (bicyclic) bond motifs is 1. The summed E-state index contributed by atoms with van der Waals surface area (Å²) < 4.78 is 1.92. The Hall–Kier alpha value is -2.05. The average molecular weight is 339 g/mol. The monoisotopic (exact) mass is 338 g/mol. The summed E-state index contributed by atoms with van der Waals surface area (Å²) in [5, 5.41) is 3.70. The molecule has 126 valence electrons. The first kappa shape index (κ1) is 19.0. The molecule has 2 rings (SSSR count). The zero-order valence-electron chi connectivity index (χ0n) is 13.4. The van der Waals surface area contributed by atoms with Crippen LogP contribution in [-0.2, 0) is 16.1 Å². The van der Waals surface area contributed by atoms with Crippen LogP contribution in [0.2, 0.25) is 0 Å². The van der Waals surface area contributed by atoms with Crippen LogP contribution < -0.4 is 11.1 Å². The standard InChI is InChI=1S/C16H22N4O2.ClH/c1-3-19(4-2)16(22)11-20-8-7-12-9-13(5-6-14(12)20)18-15(21)10-17;/h5-9H,3-4,10-11,17H2,1-2H3,(H,18,21);1H. The Balaban J connectivity index is 0.00000264. The molecule has 1 aromatic carbocycles. The van der Waals surface area contributed by atoms with Gasteiger partial charge >= 0.3 is 0 Å². The molecule has 0 aliphatic carbocycles. The van der Waals surface area contributed by atoms with Gasteiger partial charge in [-0.25, -0.2) is 0 Å². The van der Waals surface area contributed by atoms with Crippen molar-refractivity contribution < 1.29 is 9.59 Å². The topological polar surface area (TPSA) is 80.4 Å². The fourth-order valence-electron chi connectivity index (χ4n) is 2.45. The van der Waals surface area contributed by atoms with E-state index in [1.54, 1.807) is 0 Å². The Labute approximate surface area is 142 Å². The molecular formula is C16H23ClN4O2. The molecule has 0 bridgehead atoms. The Kier molecular flexibility index (Phi) is 7.06. The third-order valence-corrected chi connectivity index (χ3v) is 3.66. The van der Waals surface area contributed by atoms with Crippen LogP contribution in [0, 0.1) is 0 Å². The summed E-state index contributed by atoms with van der Waals surface area (Å²) in [6.07, 6.45) is 1.89. The lowest BCUT2D eigenvalue weighted by atomic mass is 10.2. The van der Waals surface area contributed by atoms with Crippen LogP contribution in [0.1, 0.15) is 13.8 Å². The summed E-state index contributed by atoms with van der Waals surface area (Å²) in [6.45, 7) is 5.65. The van der Waals surface area contributed by atoms with Gasteiger partial charge in [0.25, 0.3) is 0 Å². The first-order valence-electron chi connectivity index (χ1n) is 7.45. The van der Waals surface area contributed by atoms with E-state index in [9.17, 15) is 9.59 Å². The normalized spacial score (nSPS) is 10.2. The quantitative estimate of drug-likeness (QED) is 0.843. The van der Waals surface area contributed by atoms with Gasteiger partial charge < -0.3 is 20.5 Å². The van der Waals surface area contributed by atoms with Crippen molar-refractivity contribution in [3.05, 3.63) is 30.5 Å². The number of nitrogens with zero attached hydrogens (tertiary/aromatic N) is 2. The van der Waals surface area contributed by atoms with Gasteiger partial charge in [0, 0.05) is 35.9 Å². The lowest BCUT2D eigenvalue weighted by Gasteiger charge is -2.19. The molecule has 1 heterocycles. The van der Waals surface area contributed by atoms with E-state index in [1.807, 2.05) is 53.8 Å². The molecule has 0 aliphatic heterocycles. The first-order valence-corrected chi connectivity index (χ1v) is 7.45. The summed E-state index contributed by atoms with van der Waals surface area (Å²) in [5.41, 5.74) is 6.96. The van der Waals surface area contributed by atoms with Gasteiger partial charge in [0.2, 0.25) is 11.8 Å². The maximum atomic E-state index is 12.2. The lowest BCUT2D eigenvalue weighted by Crippen LogP contribution is -2.33. The second-order valence-corrected chi connectivity index (χ2v) is 5.04. The highest BCUT2D eigenvalue weighted by Crippen LogP contribution is 2.20. The Bertz CT molecular complexity index is 680. The van der Waals surface area contributed by atoms with Crippen LogP contribution in [0.4, 0.5) is 5.69 Å². The summed E-state index contributed by atoms with van der Waals surface area (Å²) in [7, 11) is 0. The maximum Gasteiger partial charge on any atom is 0.242 e. The van der Waals surface area contributed by atoms with Crippen molar-refractivity contribution in [3.63, 3.8) is 0 Å². The molecule has 0 aliphatic rings. The fraction of sp³-hybridized carbons (Fsp3) is 0.375. The van der Waals surface area contributed by atoms with E-state index in [-0.39, 0.29) is 30.8 Å². The highest BCUT2D eigenvalue weighted by Gasteiger charge is 2.12. The number of nitrogens with one attached hydrogen (secondary N) is 1. The molecule has 3 N–H and O–H groups in total. The van der Waals surface area contributed by atoms with Crippen molar-refractivity contribution >= 4 is 40.8 Å². The summed E-state index contributed by atoms with van der Waals surface area (Å²) in [4.78, 5) is 25.3. The molecule has 0 radical (unpaired) electrons. The second kappa shape index (κ2) is 8.55. The minimum absolute atomic E-state index is 0. The lowest BCUT2D eigenvalue weighted by molar-refractivity contribution is -0.131. The zero-order valence-corrected chi connectivity index (χ0v) is 14.2. The van der Waals surface area contributed by atoms with Crippen LogP contribution in [0.15, 0.2) is 30.5 Å². The fourth-order valence-corrected chi connectivity index (χ4v) is 2.45. The molecule has 6 nitrogen and oxygen atoms in total. The Morgan fingerprint density at radius 2 is 1.91 bits per heavy atom. The molecule has 0 spiro atoms. The third kappa shape index (κ3) is 4.46. The number of hydrogen-bond donors (Lipinski definition) is 2. The number of likely N-dealkylation sites (N-methyl/N-ethyl adjacent to an activating group) is 1. The van der Waals surface area contributed by atoms with Gasteiger partial charge in [-0.05, 0) is 38.1 Å². The number of carbonyl (C=O) groups is 2. The predicted octanol–water partition coefficient (Wildman–Crippen LogP) is 1.83. The van der Waals surface area contributed by atoms with Gasteiger partial charge in [-0.3, -0.25) is 9.59 Å². The molecule has 1 aromatic heterocycles. The second-order valence-electron chi connectivity index (χ2n) is 5.04. The molecule has 7 heteroatoms. The van der Waals surface area contributed by atoms with Crippen LogP contribution in [0.5, 0.6) is 0 Å². The summed E-state index contributed by atoms with van der Waals surface area (Å²) in [6, 6.07) is 7.52. The number of nitrogens with two attached hydrogens (primary N) is 1. The van der Waals surface area contributed by atoms with Crippen molar-refractivity contribution in [3.8, 4) is 0 Å². The van der Waals surface area contributed by atoms with Crippen molar-refractivity contribution in [1.29, 1.82) is 0 Å². The molecule has 0 unspecified atom stereocenters. The van der Waals surface area contributed by atoms with Crippen molar-refractivity contribution in [2.75, 3.05) is 25.0 Å². The third-order valence-electron chi connectivity index (χ3n) is 3.66. The van der Waals surface area contributed by atoms with E-state index < -0.39 is 0 Å². The van der Waals surface area contributed by atoms with Crippen LogP contribution >= 0.6 is 12.4 Å². The number of benzene rings is 1. The Morgan fingerprint density at radius 1 is 1.22 bits per heavy atom. The number of anilines is 1. The molecule has 0 saturated heterocycles. The highest BCUT2D eigenvalue weighted by molar-refractivity contribution is 5.95. The number of rotatable bonds is 6. The van der Waals surface area contributed by atoms with Gasteiger partial charge in [-0.15, -0.1) is 12.4 Å². The molecule has 0 fully saturated rings. The SMILES string of the molecule is CCN(CC)C(=O)Cn1ccc2cc(NC(=O)CN)ccc21.Cl. The first-order chi connectivity index (χ1) is 10.6. The molecule has 0 atom stereocenters. The smallest absolute Gasteiger partial charge is 0.242 e. The number of hydrogen-bond acceptors (Lipinski definition) is 3. The predicted molar refractivity (Wildman–Crippen MR) is 94.8 cm³/mol. The van der Waals surface area contributed by atoms with Crippen LogP contribution in [0.25, 0.3) is 10.9 Å². The van der Waals surface area contributed by atoms with Crippen molar-refractivity contribution in [2.24, 2.45) is 5.73 Å². The molecule has 0 saturated carbocycles. The van der Waals surface area contributed by atoms with Gasteiger partial charge in [-0.1, -0.05) is 0 Å². The van der Waals surface area contributed by atoms with Crippen molar-refractivity contribution in [2.45, 2.75) is 20.4 Å². The molecule has 2 aromatic rings. The summed E-state index contributed by atoms with van der Waals surface area (Å²) >= 11 is 0. The largest absolute Gasteiger partial charge is 0.342 e. The minimum atomic E-state index is -0.226. The number of halogens is 1. The molecule has 2 amide bonds. The van der Waals surface area contributed by atoms with E-state index in [2.05, 4.69) is 5.32 Å². The van der Waals surface area contributed by atoms with E-state index in [4.69, 9.17) is 5.73 Å².